The molecule has 0 aliphatic carbocycles. The van der Waals surface area contributed by atoms with Crippen LogP contribution in [0, 0.1) is 0 Å². The van der Waals surface area contributed by atoms with E-state index in [4.69, 9.17) is 0 Å². The Morgan fingerprint density at radius 1 is 0.512 bits per heavy atom. The molecule has 0 aliphatic rings. The molecule has 0 spiro atoms. The lowest BCUT2D eigenvalue weighted by Crippen LogP contribution is -2.39. The number of imide groups is 1. The Labute approximate surface area is 240 Å². The molecule has 0 saturated carbocycles. The summed E-state index contributed by atoms with van der Waals surface area (Å²) in [6, 6.07) is 44.8. The standard InChI is InChI=1S/C36H30N2O3/c39-33(25-27-13-5-1-6-14-27)38(34(40)26-28-15-7-2-8-16-28)32-23-21-31(22-24-32)37-36(41)35(29-17-9-3-10-18-29)30-19-11-4-12-20-30/h1-24,35H,25-26H2,(H,37,41). The van der Waals surface area contributed by atoms with Gasteiger partial charge in [0.05, 0.1) is 24.4 Å². The summed E-state index contributed by atoms with van der Waals surface area (Å²) in [7, 11) is 0. The Morgan fingerprint density at radius 3 is 1.32 bits per heavy atom. The van der Waals surface area contributed by atoms with Crippen LogP contribution in [0.2, 0.25) is 0 Å². The van der Waals surface area contributed by atoms with Crippen molar-refractivity contribution in [3.8, 4) is 0 Å². The van der Waals surface area contributed by atoms with E-state index >= 15 is 0 Å². The fraction of sp³-hybridized carbons (Fsp3) is 0.0833. The van der Waals surface area contributed by atoms with Crippen LogP contribution in [0.25, 0.3) is 0 Å². The summed E-state index contributed by atoms with van der Waals surface area (Å²) in [6.45, 7) is 0. The molecule has 1 N–H and O–H groups in total. The molecule has 0 aromatic heterocycles. The normalized spacial score (nSPS) is 10.7. The Kier molecular flexibility index (Phi) is 8.77. The molecule has 5 heteroatoms. The van der Waals surface area contributed by atoms with Crippen LogP contribution >= 0.6 is 0 Å². The van der Waals surface area contributed by atoms with Crippen LogP contribution in [0.1, 0.15) is 28.2 Å². The van der Waals surface area contributed by atoms with Gasteiger partial charge in [-0.15, -0.1) is 0 Å². The summed E-state index contributed by atoms with van der Waals surface area (Å²) in [6.07, 6.45) is 0.186. The highest BCUT2D eigenvalue weighted by molar-refractivity contribution is 6.16. The molecule has 0 bridgehead atoms. The Morgan fingerprint density at radius 2 is 0.902 bits per heavy atom. The number of nitrogens with zero attached hydrogens (tertiary/aromatic N) is 1. The zero-order chi connectivity index (χ0) is 28.4. The van der Waals surface area contributed by atoms with E-state index in [-0.39, 0.29) is 30.6 Å². The van der Waals surface area contributed by atoms with Gasteiger partial charge in [-0.1, -0.05) is 121 Å². The molecule has 0 unspecified atom stereocenters. The monoisotopic (exact) mass is 538 g/mol. The highest BCUT2D eigenvalue weighted by Crippen LogP contribution is 2.27. The maximum atomic E-state index is 13.5. The van der Waals surface area contributed by atoms with Gasteiger partial charge in [0.1, 0.15) is 0 Å². The molecule has 0 atom stereocenters. The minimum absolute atomic E-state index is 0.0929. The number of hydrogen-bond donors (Lipinski definition) is 1. The molecular formula is C36H30N2O3. The first-order valence-corrected chi connectivity index (χ1v) is 13.5. The molecule has 0 saturated heterocycles. The van der Waals surface area contributed by atoms with Gasteiger partial charge in [-0.25, -0.2) is 0 Å². The first kappa shape index (κ1) is 27.3. The van der Waals surface area contributed by atoms with Crippen molar-refractivity contribution in [1.82, 2.24) is 0 Å². The summed E-state index contributed by atoms with van der Waals surface area (Å²) in [5.74, 6) is -1.30. The fourth-order valence-electron chi connectivity index (χ4n) is 4.82. The van der Waals surface area contributed by atoms with Gasteiger partial charge in [-0.05, 0) is 46.5 Å². The smallest absolute Gasteiger partial charge is 0.238 e. The highest BCUT2D eigenvalue weighted by atomic mass is 16.2. The second kappa shape index (κ2) is 13.2. The van der Waals surface area contributed by atoms with Crippen molar-refractivity contribution in [1.29, 1.82) is 0 Å². The molecule has 5 nitrogen and oxygen atoms in total. The van der Waals surface area contributed by atoms with Gasteiger partial charge in [0, 0.05) is 5.69 Å². The molecule has 3 amide bonds. The van der Waals surface area contributed by atoms with Crippen LogP contribution in [-0.4, -0.2) is 17.7 Å². The third kappa shape index (κ3) is 7.02. The first-order chi connectivity index (χ1) is 20.1. The SMILES string of the molecule is O=C(Nc1ccc(N(C(=O)Cc2ccccc2)C(=O)Cc2ccccc2)cc1)C(c1ccccc1)c1ccccc1. The molecule has 5 aromatic rings. The molecule has 0 aliphatic heterocycles. The number of rotatable bonds is 9. The molecule has 0 fully saturated rings. The molecular weight excluding hydrogens is 508 g/mol. The topological polar surface area (TPSA) is 66.5 Å². The lowest BCUT2D eigenvalue weighted by atomic mass is 9.90. The minimum Gasteiger partial charge on any atom is -0.325 e. The maximum Gasteiger partial charge on any atom is 0.238 e. The fourth-order valence-corrected chi connectivity index (χ4v) is 4.82. The van der Waals surface area contributed by atoms with E-state index in [0.29, 0.717) is 11.4 Å². The number of carbonyl (C=O) groups is 3. The number of amides is 3. The minimum atomic E-state index is -0.492. The second-order valence-electron chi connectivity index (χ2n) is 9.74. The van der Waals surface area contributed by atoms with Crippen LogP contribution in [0.15, 0.2) is 146 Å². The van der Waals surface area contributed by atoms with Crippen LogP contribution < -0.4 is 10.2 Å². The molecule has 0 heterocycles. The van der Waals surface area contributed by atoms with Crippen molar-refractivity contribution >= 4 is 29.1 Å². The number of benzene rings is 5. The second-order valence-corrected chi connectivity index (χ2v) is 9.74. The van der Waals surface area contributed by atoms with Crippen molar-refractivity contribution in [2.75, 3.05) is 10.2 Å². The lowest BCUT2D eigenvalue weighted by Gasteiger charge is -2.22. The van der Waals surface area contributed by atoms with E-state index in [1.54, 1.807) is 24.3 Å². The zero-order valence-electron chi connectivity index (χ0n) is 22.5. The van der Waals surface area contributed by atoms with Gasteiger partial charge in [0.25, 0.3) is 0 Å². The Balaban J connectivity index is 1.38. The van der Waals surface area contributed by atoms with Crippen molar-refractivity contribution in [3.63, 3.8) is 0 Å². The Bertz CT molecular complexity index is 1490. The summed E-state index contributed by atoms with van der Waals surface area (Å²) < 4.78 is 0. The number of anilines is 2. The van der Waals surface area contributed by atoms with Crippen LogP contribution in [0.5, 0.6) is 0 Å². The molecule has 202 valence electrons. The highest BCUT2D eigenvalue weighted by Gasteiger charge is 2.25. The lowest BCUT2D eigenvalue weighted by molar-refractivity contribution is -0.126. The average Bonchev–Trinajstić information content (AvgIpc) is 3.00. The quantitative estimate of drug-likeness (QED) is 0.224. The summed E-state index contributed by atoms with van der Waals surface area (Å²) >= 11 is 0. The zero-order valence-corrected chi connectivity index (χ0v) is 22.5. The van der Waals surface area contributed by atoms with Gasteiger partial charge in [-0.3, -0.25) is 19.3 Å². The largest absolute Gasteiger partial charge is 0.325 e. The summed E-state index contributed by atoms with van der Waals surface area (Å²) in [5.41, 5.74) is 4.45. The van der Waals surface area contributed by atoms with E-state index in [1.165, 1.54) is 4.90 Å². The third-order valence-electron chi connectivity index (χ3n) is 6.82. The van der Waals surface area contributed by atoms with Gasteiger partial charge in [0.2, 0.25) is 17.7 Å². The van der Waals surface area contributed by atoms with Crippen molar-refractivity contribution in [2.45, 2.75) is 18.8 Å². The number of carbonyl (C=O) groups excluding carboxylic acids is 3. The van der Waals surface area contributed by atoms with Crippen LogP contribution in [0.3, 0.4) is 0 Å². The molecule has 5 rings (SSSR count). The van der Waals surface area contributed by atoms with E-state index in [1.807, 2.05) is 121 Å². The van der Waals surface area contributed by atoms with Gasteiger partial charge in [-0.2, -0.15) is 0 Å². The van der Waals surface area contributed by atoms with E-state index in [2.05, 4.69) is 5.32 Å². The van der Waals surface area contributed by atoms with Gasteiger partial charge >= 0.3 is 0 Å². The van der Waals surface area contributed by atoms with E-state index in [9.17, 15) is 14.4 Å². The average molecular weight is 539 g/mol. The van der Waals surface area contributed by atoms with Gasteiger partial charge < -0.3 is 5.32 Å². The predicted octanol–water partition coefficient (Wildman–Crippen LogP) is 6.80. The van der Waals surface area contributed by atoms with Crippen LogP contribution in [0.4, 0.5) is 11.4 Å². The van der Waals surface area contributed by atoms with Crippen molar-refractivity contribution in [2.24, 2.45) is 0 Å². The van der Waals surface area contributed by atoms with Crippen LogP contribution in [-0.2, 0) is 27.2 Å². The number of hydrogen-bond acceptors (Lipinski definition) is 3. The molecule has 0 radical (unpaired) electrons. The van der Waals surface area contributed by atoms with Gasteiger partial charge in [0.15, 0.2) is 0 Å². The third-order valence-corrected chi connectivity index (χ3v) is 6.82. The first-order valence-electron chi connectivity index (χ1n) is 13.5. The number of nitrogens with one attached hydrogen (secondary N) is 1. The van der Waals surface area contributed by atoms with Crippen molar-refractivity contribution in [3.05, 3.63) is 168 Å². The predicted molar refractivity (Wildman–Crippen MR) is 163 cm³/mol. The summed E-state index contributed by atoms with van der Waals surface area (Å²) in [4.78, 5) is 41.7. The maximum absolute atomic E-state index is 13.5. The van der Waals surface area contributed by atoms with E-state index in [0.717, 1.165) is 22.3 Å². The molecule has 41 heavy (non-hydrogen) atoms. The Hall–Kier alpha value is -5.29. The summed E-state index contributed by atoms with van der Waals surface area (Å²) in [5, 5.41) is 3.02. The van der Waals surface area contributed by atoms with E-state index < -0.39 is 5.92 Å². The molecule has 5 aromatic carbocycles. The van der Waals surface area contributed by atoms with Crippen molar-refractivity contribution < 1.29 is 14.4 Å².